The smallest absolute Gasteiger partial charge is 0.151 e. The highest BCUT2D eigenvalue weighted by Crippen LogP contribution is 2.22. The molecule has 7 heteroatoms. The van der Waals surface area contributed by atoms with Crippen LogP contribution in [0.5, 0.6) is 0 Å². The van der Waals surface area contributed by atoms with Crippen molar-refractivity contribution in [3.8, 4) is 5.69 Å². The topological polar surface area (TPSA) is 71.8 Å². The average Bonchev–Trinajstić information content (AvgIpc) is 3.35. The van der Waals surface area contributed by atoms with Gasteiger partial charge in [-0.05, 0) is 36.6 Å². The van der Waals surface area contributed by atoms with E-state index in [2.05, 4.69) is 48.7 Å². The Kier molecular flexibility index (Phi) is 4.65. The van der Waals surface area contributed by atoms with Crippen LogP contribution in [0.1, 0.15) is 18.4 Å². The molecule has 0 saturated carbocycles. The lowest BCUT2D eigenvalue weighted by molar-refractivity contribution is 0.568. The first-order chi connectivity index (χ1) is 12.4. The van der Waals surface area contributed by atoms with Crippen molar-refractivity contribution in [2.75, 3.05) is 18.0 Å². The van der Waals surface area contributed by atoms with E-state index in [1.807, 2.05) is 18.2 Å². The van der Waals surface area contributed by atoms with Gasteiger partial charge in [0.05, 0.1) is 5.69 Å². The molecule has 0 radical (unpaired) electrons. The quantitative estimate of drug-likeness (QED) is 0.741. The van der Waals surface area contributed by atoms with Crippen LogP contribution in [0, 0.1) is 0 Å². The van der Waals surface area contributed by atoms with Crippen LogP contribution in [0.2, 0.25) is 0 Å². The molecule has 3 aromatic rings. The molecule has 0 unspecified atom stereocenters. The fourth-order valence-electron chi connectivity index (χ4n) is 3.39. The van der Waals surface area contributed by atoms with E-state index in [0.717, 1.165) is 31.1 Å². The lowest BCUT2D eigenvalue weighted by Crippen LogP contribution is -2.38. The maximum Gasteiger partial charge on any atom is 0.151 e. The Morgan fingerprint density at radius 3 is 2.96 bits per heavy atom. The van der Waals surface area contributed by atoms with E-state index in [-0.39, 0.29) is 0 Å². The zero-order valence-electron chi connectivity index (χ0n) is 14.0. The van der Waals surface area contributed by atoms with Gasteiger partial charge in [0.2, 0.25) is 0 Å². The van der Waals surface area contributed by atoms with Crippen molar-refractivity contribution >= 4 is 5.82 Å². The third-order valence-electron chi connectivity index (χ3n) is 4.58. The number of aromatic nitrogens is 5. The Morgan fingerprint density at radius 1 is 1.16 bits per heavy atom. The number of anilines is 1. The van der Waals surface area contributed by atoms with Gasteiger partial charge in [0.1, 0.15) is 12.7 Å². The van der Waals surface area contributed by atoms with Crippen LogP contribution in [0.4, 0.5) is 5.82 Å². The molecule has 1 aliphatic heterocycles. The fourth-order valence-corrected chi connectivity index (χ4v) is 3.39. The van der Waals surface area contributed by atoms with E-state index in [1.54, 1.807) is 23.5 Å². The summed E-state index contributed by atoms with van der Waals surface area (Å²) in [6.07, 6.45) is 7.37. The molecule has 1 fully saturated rings. The van der Waals surface area contributed by atoms with Gasteiger partial charge in [0.15, 0.2) is 5.82 Å². The van der Waals surface area contributed by atoms with Crippen LogP contribution in [-0.2, 0) is 6.54 Å². The molecule has 2 aromatic heterocycles. The Hall–Kier alpha value is -2.80. The molecule has 4 rings (SSSR count). The lowest BCUT2D eigenvalue weighted by Gasteiger charge is -2.25. The number of hydrogen-bond donors (Lipinski definition) is 1. The second kappa shape index (κ2) is 7.40. The molecule has 0 bridgehead atoms. The van der Waals surface area contributed by atoms with Crippen LogP contribution in [0.3, 0.4) is 0 Å². The molecular weight excluding hydrogens is 314 g/mol. The molecule has 1 aromatic carbocycles. The molecule has 1 atom stereocenters. The van der Waals surface area contributed by atoms with Crippen molar-refractivity contribution in [3.05, 3.63) is 60.8 Å². The van der Waals surface area contributed by atoms with Gasteiger partial charge < -0.3 is 10.2 Å². The summed E-state index contributed by atoms with van der Waals surface area (Å²) in [5.41, 5.74) is 2.27. The average molecular weight is 335 g/mol. The van der Waals surface area contributed by atoms with Crippen LogP contribution >= 0.6 is 0 Å². The highest BCUT2D eigenvalue weighted by atomic mass is 15.3. The van der Waals surface area contributed by atoms with Crippen LogP contribution in [0.15, 0.2) is 55.2 Å². The Balaban J connectivity index is 1.40. The first-order valence-corrected chi connectivity index (χ1v) is 8.60. The van der Waals surface area contributed by atoms with Crippen molar-refractivity contribution in [1.82, 2.24) is 30.3 Å². The van der Waals surface area contributed by atoms with Crippen LogP contribution < -0.4 is 10.2 Å². The summed E-state index contributed by atoms with van der Waals surface area (Å²) in [4.78, 5) is 6.39. The van der Waals surface area contributed by atoms with Gasteiger partial charge in [-0.25, -0.2) is 9.67 Å². The lowest BCUT2D eigenvalue weighted by atomic mass is 10.1. The molecule has 1 N–H and O–H groups in total. The van der Waals surface area contributed by atoms with E-state index in [0.29, 0.717) is 6.04 Å². The summed E-state index contributed by atoms with van der Waals surface area (Å²) >= 11 is 0. The van der Waals surface area contributed by atoms with Crippen molar-refractivity contribution < 1.29 is 0 Å². The van der Waals surface area contributed by atoms with E-state index in [1.165, 1.54) is 18.4 Å². The van der Waals surface area contributed by atoms with Gasteiger partial charge in [0, 0.05) is 31.9 Å². The monoisotopic (exact) mass is 335 g/mol. The normalized spacial score (nSPS) is 17.1. The molecular formula is C18H21N7. The second-order valence-electron chi connectivity index (χ2n) is 6.17. The van der Waals surface area contributed by atoms with Gasteiger partial charge in [-0.1, -0.05) is 18.2 Å². The summed E-state index contributed by atoms with van der Waals surface area (Å²) in [7, 11) is 0. The van der Waals surface area contributed by atoms with E-state index in [4.69, 9.17) is 0 Å². The number of benzene rings is 1. The molecule has 0 spiro atoms. The van der Waals surface area contributed by atoms with Crippen molar-refractivity contribution in [1.29, 1.82) is 0 Å². The Labute approximate surface area is 146 Å². The standard InChI is InChI=1S/C18H21N7/c1-2-7-17(25-14-20-13-22-25)15(5-1)11-19-12-16-6-4-10-24(16)18-8-3-9-21-23-18/h1-3,5,7-9,13-14,16,19H,4,6,10-12H2/t16-/m0/s1. The minimum absolute atomic E-state index is 0.454. The van der Waals surface area contributed by atoms with E-state index < -0.39 is 0 Å². The number of hydrogen-bond acceptors (Lipinski definition) is 6. The van der Waals surface area contributed by atoms with Gasteiger partial charge in [-0.2, -0.15) is 10.2 Å². The Bertz CT molecular complexity index is 788. The summed E-state index contributed by atoms with van der Waals surface area (Å²) in [5, 5.41) is 16.1. The molecule has 1 aliphatic rings. The third-order valence-corrected chi connectivity index (χ3v) is 4.58. The minimum atomic E-state index is 0.454. The number of nitrogens with one attached hydrogen (secondary N) is 1. The number of nitrogens with zero attached hydrogens (tertiary/aromatic N) is 6. The second-order valence-corrected chi connectivity index (χ2v) is 6.17. The maximum absolute atomic E-state index is 4.25. The van der Waals surface area contributed by atoms with Gasteiger partial charge in [-0.15, -0.1) is 5.10 Å². The van der Waals surface area contributed by atoms with E-state index >= 15 is 0 Å². The maximum atomic E-state index is 4.25. The molecule has 128 valence electrons. The van der Waals surface area contributed by atoms with Crippen LogP contribution in [0.25, 0.3) is 5.69 Å². The van der Waals surface area contributed by atoms with E-state index in [9.17, 15) is 0 Å². The minimum Gasteiger partial charge on any atom is -0.351 e. The van der Waals surface area contributed by atoms with Gasteiger partial charge in [-0.3, -0.25) is 0 Å². The molecule has 7 nitrogen and oxygen atoms in total. The first kappa shape index (κ1) is 15.7. The van der Waals surface area contributed by atoms with Gasteiger partial charge >= 0.3 is 0 Å². The van der Waals surface area contributed by atoms with Crippen molar-refractivity contribution in [2.24, 2.45) is 0 Å². The molecule has 0 amide bonds. The zero-order valence-corrected chi connectivity index (χ0v) is 14.0. The summed E-state index contributed by atoms with van der Waals surface area (Å²) in [6.45, 7) is 2.75. The SMILES string of the molecule is c1cnnc(N2CCC[C@H]2CNCc2ccccc2-n2cncn2)c1. The molecule has 3 heterocycles. The Morgan fingerprint density at radius 2 is 2.12 bits per heavy atom. The fraction of sp³-hybridized carbons (Fsp3) is 0.333. The predicted octanol–water partition coefficient (Wildman–Crippen LogP) is 1.82. The zero-order chi connectivity index (χ0) is 16.9. The molecule has 0 aliphatic carbocycles. The van der Waals surface area contributed by atoms with Crippen LogP contribution in [-0.4, -0.2) is 44.1 Å². The molecule has 1 saturated heterocycles. The van der Waals surface area contributed by atoms with Crippen molar-refractivity contribution in [3.63, 3.8) is 0 Å². The first-order valence-electron chi connectivity index (χ1n) is 8.60. The number of rotatable bonds is 6. The summed E-state index contributed by atoms with van der Waals surface area (Å²) in [5.74, 6) is 0.967. The predicted molar refractivity (Wildman–Crippen MR) is 95.5 cm³/mol. The largest absolute Gasteiger partial charge is 0.351 e. The highest BCUT2D eigenvalue weighted by molar-refractivity contribution is 5.41. The third kappa shape index (κ3) is 3.51. The summed E-state index contributed by atoms with van der Waals surface area (Å²) < 4.78 is 1.80. The highest BCUT2D eigenvalue weighted by Gasteiger charge is 2.25. The van der Waals surface area contributed by atoms with Gasteiger partial charge in [0.25, 0.3) is 0 Å². The van der Waals surface area contributed by atoms with Crippen molar-refractivity contribution in [2.45, 2.75) is 25.4 Å². The summed E-state index contributed by atoms with van der Waals surface area (Å²) in [6, 6.07) is 12.7. The molecule has 25 heavy (non-hydrogen) atoms. The number of para-hydroxylation sites is 1.